The number of nitrogens with zero attached hydrogens (tertiary/aromatic N) is 1. The number of aromatic nitrogens is 1. The van der Waals surface area contributed by atoms with E-state index in [-0.39, 0.29) is 24.7 Å². The van der Waals surface area contributed by atoms with Crippen LogP contribution in [0.5, 0.6) is 0 Å². The Balaban J connectivity index is 1.92. The molecule has 1 aromatic heterocycles. The first-order valence-electron chi connectivity index (χ1n) is 10.2. The van der Waals surface area contributed by atoms with Crippen molar-refractivity contribution in [2.24, 2.45) is 11.8 Å². The number of Topliss-reactive ketones (excluding diaryl/α,β-unsaturated/α-hetero) is 1. The van der Waals surface area contributed by atoms with E-state index >= 15 is 0 Å². The van der Waals surface area contributed by atoms with Crippen molar-refractivity contribution in [1.29, 1.82) is 0 Å². The Morgan fingerprint density at radius 1 is 1.00 bits per heavy atom. The molecule has 0 aliphatic rings. The van der Waals surface area contributed by atoms with E-state index in [0.717, 1.165) is 21.8 Å². The molecule has 7 heteroatoms. The molecule has 0 fully saturated rings. The van der Waals surface area contributed by atoms with Gasteiger partial charge in [0.1, 0.15) is 13.0 Å². The molecule has 1 N–H and O–H groups in total. The zero-order valence-corrected chi connectivity index (χ0v) is 17.5. The summed E-state index contributed by atoms with van der Waals surface area (Å²) < 4.78 is 14.4. The lowest BCUT2D eigenvalue weighted by molar-refractivity contribution is -0.132. The van der Waals surface area contributed by atoms with Gasteiger partial charge in [0.25, 0.3) is 0 Å². The number of fused-ring (bicyclic) bond motifs is 3. The van der Waals surface area contributed by atoms with Crippen LogP contribution in [-0.4, -0.2) is 41.2 Å². The molecule has 0 radical (unpaired) electrons. The second kappa shape index (κ2) is 9.64. The van der Waals surface area contributed by atoms with Gasteiger partial charge in [0, 0.05) is 29.5 Å². The molecular formula is C24H25FN2O4. The highest BCUT2D eigenvalue weighted by Gasteiger charge is 2.30. The summed E-state index contributed by atoms with van der Waals surface area (Å²) in [4.78, 5) is 48.7. The largest absolute Gasteiger partial charge is 0.345 e. The van der Waals surface area contributed by atoms with Crippen molar-refractivity contribution < 1.29 is 23.6 Å². The van der Waals surface area contributed by atoms with Gasteiger partial charge in [-0.05, 0) is 18.1 Å². The van der Waals surface area contributed by atoms with Gasteiger partial charge in [-0.1, -0.05) is 50.2 Å². The maximum atomic E-state index is 13.4. The number of alkyl halides is 1. The first-order chi connectivity index (χ1) is 14.9. The van der Waals surface area contributed by atoms with Crippen molar-refractivity contribution in [3.05, 3.63) is 48.5 Å². The van der Waals surface area contributed by atoms with E-state index in [1.807, 2.05) is 48.5 Å². The predicted molar refractivity (Wildman–Crippen MR) is 117 cm³/mol. The van der Waals surface area contributed by atoms with Crippen molar-refractivity contribution in [2.45, 2.75) is 32.7 Å². The number of carbonyl (C=O) groups is 4. The highest BCUT2D eigenvalue weighted by atomic mass is 19.1. The second-order valence-electron chi connectivity index (χ2n) is 7.88. The number of hydrogen-bond donors (Lipinski definition) is 1. The van der Waals surface area contributed by atoms with E-state index in [1.165, 1.54) is 0 Å². The molecule has 2 atom stereocenters. The topological polar surface area (TPSA) is 85.2 Å². The Morgan fingerprint density at radius 3 is 2.03 bits per heavy atom. The standard InChI is InChI=1S/C24H25FN2O4/c1-15(2)18(24(31)26-19(11-12-28)22(29)14-25)13-23(30)27-20-9-5-3-7-16(20)17-8-4-6-10-21(17)27/h3-10,12,15,18-19H,11,13-14H2,1-2H3,(H,26,31). The number of ketones is 1. The monoisotopic (exact) mass is 424 g/mol. The van der Waals surface area contributed by atoms with E-state index in [2.05, 4.69) is 5.32 Å². The molecule has 2 unspecified atom stereocenters. The average Bonchev–Trinajstić information content (AvgIpc) is 3.10. The third kappa shape index (κ3) is 4.55. The van der Waals surface area contributed by atoms with Gasteiger partial charge < -0.3 is 10.1 Å². The molecule has 162 valence electrons. The number of carbonyl (C=O) groups excluding carboxylic acids is 4. The Morgan fingerprint density at radius 2 is 1.55 bits per heavy atom. The molecule has 0 saturated heterocycles. The molecule has 6 nitrogen and oxygen atoms in total. The van der Waals surface area contributed by atoms with E-state index in [0.29, 0.717) is 6.29 Å². The fourth-order valence-corrected chi connectivity index (χ4v) is 3.84. The van der Waals surface area contributed by atoms with Gasteiger partial charge >= 0.3 is 0 Å². The fourth-order valence-electron chi connectivity index (χ4n) is 3.84. The number of hydrogen-bond acceptors (Lipinski definition) is 4. The highest BCUT2D eigenvalue weighted by Crippen LogP contribution is 2.30. The summed E-state index contributed by atoms with van der Waals surface area (Å²) in [6.45, 7) is 2.33. The summed E-state index contributed by atoms with van der Waals surface area (Å²) in [6, 6.07) is 13.9. The number of amides is 1. The van der Waals surface area contributed by atoms with Gasteiger partial charge in [0.2, 0.25) is 11.8 Å². The smallest absolute Gasteiger partial charge is 0.232 e. The van der Waals surface area contributed by atoms with E-state index in [9.17, 15) is 23.6 Å². The van der Waals surface area contributed by atoms with Crippen molar-refractivity contribution in [2.75, 3.05) is 6.67 Å². The number of nitrogens with one attached hydrogen (secondary N) is 1. The van der Waals surface area contributed by atoms with Gasteiger partial charge in [0.15, 0.2) is 5.78 Å². The van der Waals surface area contributed by atoms with Gasteiger partial charge in [-0.25, -0.2) is 4.39 Å². The Labute approximate surface area is 179 Å². The predicted octanol–water partition coefficient (Wildman–Crippen LogP) is 3.71. The number of rotatable bonds is 9. The van der Waals surface area contributed by atoms with Crippen molar-refractivity contribution >= 4 is 45.7 Å². The second-order valence-corrected chi connectivity index (χ2v) is 7.88. The quantitative estimate of drug-likeness (QED) is 0.531. The minimum absolute atomic E-state index is 0.0935. The normalized spacial score (nSPS) is 13.3. The van der Waals surface area contributed by atoms with Crippen LogP contribution in [0, 0.1) is 11.8 Å². The van der Waals surface area contributed by atoms with Crippen LogP contribution in [0.3, 0.4) is 0 Å². The Kier molecular flexibility index (Phi) is 6.95. The fraction of sp³-hybridized carbons (Fsp3) is 0.333. The lowest BCUT2D eigenvalue weighted by atomic mass is 9.90. The first kappa shape index (κ1) is 22.3. The summed E-state index contributed by atoms with van der Waals surface area (Å²) in [5.41, 5.74) is 1.51. The molecule has 1 amide bonds. The first-order valence-corrected chi connectivity index (χ1v) is 10.2. The molecule has 0 spiro atoms. The van der Waals surface area contributed by atoms with Gasteiger partial charge in [-0.15, -0.1) is 0 Å². The van der Waals surface area contributed by atoms with Crippen molar-refractivity contribution in [3.8, 4) is 0 Å². The van der Waals surface area contributed by atoms with Crippen molar-refractivity contribution in [1.82, 2.24) is 9.88 Å². The van der Waals surface area contributed by atoms with Crippen LogP contribution in [0.1, 0.15) is 31.5 Å². The highest BCUT2D eigenvalue weighted by molar-refractivity contribution is 6.13. The SMILES string of the molecule is CC(C)C(CC(=O)n1c2ccccc2c2ccccc21)C(=O)NC(CC=O)C(=O)CF. The van der Waals surface area contributed by atoms with E-state index < -0.39 is 30.3 Å². The minimum atomic E-state index is -1.27. The molecule has 0 saturated carbocycles. The van der Waals surface area contributed by atoms with E-state index in [1.54, 1.807) is 18.4 Å². The van der Waals surface area contributed by atoms with Crippen LogP contribution in [0.4, 0.5) is 4.39 Å². The molecule has 0 aliphatic heterocycles. The van der Waals surface area contributed by atoms with Gasteiger partial charge in [-0.2, -0.15) is 0 Å². The number of para-hydroxylation sites is 2. The third-order valence-corrected chi connectivity index (χ3v) is 5.53. The summed E-state index contributed by atoms with van der Waals surface area (Å²) in [5, 5.41) is 4.34. The van der Waals surface area contributed by atoms with Crippen LogP contribution in [0.15, 0.2) is 48.5 Å². The molecule has 0 aliphatic carbocycles. The number of aldehydes is 1. The lowest BCUT2D eigenvalue weighted by Crippen LogP contribution is -2.46. The van der Waals surface area contributed by atoms with Crippen LogP contribution >= 0.6 is 0 Å². The van der Waals surface area contributed by atoms with Gasteiger partial charge in [-0.3, -0.25) is 19.0 Å². The zero-order chi connectivity index (χ0) is 22.5. The molecule has 0 bridgehead atoms. The molecule has 31 heavy (non-hydrogen) atoms. The summed E-state index contributed by atoms with van der Waals surface area (Å²) in [7, 11) is 0. The molecule has 1 heterocycles. The van der Waals surface area contributed by atoms with Crippen LogP contribution in [0.2, 0.25) is 0 Å². The minimum Gasteiger partial charge on any atom is -0.345 e. The van der Waals surface area contributed by atoms with Crippen LogP contribution in [0.25, 0.3) is 21.8 Å². The molecule has 3 aromatic rings. The summed E-state index contributed by atoms with van der Waals surface area (Å²) >= 11 is 0. The van der Waals surface area contributed by atoms with Crippen molar-refractivity contribution in [3.63, 3.8) is 0 Å². The summed E-state index contributed by atoms with van der Waals surface area (Å²) in [5.74, 6) is -2.62. The molecule has 3 rings (SSSR count). The molecular weight excluding hydrogens is 399 g/mol. The Bertz CT molecular complexity index is 1080. The van der Waals surface area contributed by atoms with E-state index in [4.69, 9.17) is 0 Å². The number of benzene rings is 2. The number of halogens is 1. The summed E-state index contributed by atoms with van der Waals surface area (Å²) in [6.07, 6.45) is 0.0655. The molecule has 2 aromatic carbocycles. The third-order valence-electron chi connectivity index (χ3n) is 5.53. The zero-order valence-electron chi connectivity index (χ0n) is 17.5. The van der Waals surface area contributed by atoms with Crippen LogP contribution < -0.4 is 5.32 Å². The van der Waals surface area contributed by atoms with Gasteiger partial charge in [0.05, 0.1) is 17.1 Å². The Hall–Kier alpha value is -3.35. The lowest BCUT2D eigenvalue weighted by Gasteiger charge is -2.23. The maximum absolute atomic E-state index is 13.4. The van der Waals surface area contributed by atoms with Crippen LogP contribution in [-0.2, 0) is 14.4 Å². The average molecular weight is 424 g/mol. The maximum Gasteiger partial charge on any atom is 0.232 e.